The van der Waals surface area contributed by atoms with Crippen molar-refractivity contribution in [3.63, 3.8) is 0 Å². The Kier molecular flexibility index (Phi) is 5.17. The van der Waals surface area contributed by atoms with Crippen LogP contribution in [-0.2, 0) is 9.53 Å². The Morgan fingerprint density at radius 3 is 2.56 bits per heavy atom. The van der Waals surface area contributed by atoms with E-state index in [0.717, 1.165) is 6.42 Å². The van der Waals surface area contributed by atoms with E-state index in [-0.39, 0.29) is 12.7 Å². The molecule has 1 rings (SSSR count). The van der Waals surface area contributed by atoms with Gasteiger partial charge in [0.1, 0.15) is 5.54 Å². The van der Waals surface area contributed by atoms with Gasteiger partial charge in [-0.25, -0.2) is 0 Å². The molecule has 0 aromatic heterocycles. The van der Waals surface area contributed by atoms with Crippen LogP contribution in [0.4, 0.5) is 0 Å². The number of carbonyl (C=O) groups is 1. The van der Waals surface area contributed by atoms with Gasteiger partial charge in [0, 0.05) is 0 Å². The summed E-state index contributed by atoms with van der Waals surface area (Å²) < 4.78 is 5.93. The van der Waals surface area contributed by atoms with Gasteiger partial charge in [0.05, 0.1) is 12.7 Å². The van der Waals surface area contributed by atoms with Crippen molar-refractivity contribution < 1.29 is 9.53 Å². The molecule has 1 saturated carbocycles. The standard InChI is InChI=1S/C14H28N2O2/c1-9(2)11-6-5-10(3)7-12(11)18-8-14(4,16)13(15)17/h9-12H,5-8,16H2,1-4H3,(H2,15,17). The van der Waals surface area contributed by atoms with Gasteiger partial charge in [-0.3, -0.25) is 4.79 Å². The lowest BCUT2D eigenvalue weighted by atomic mass is 9.75. The first-order valence-electron chi connectivity index (χ1n) is 6.94. The van der Waals surface area contributed by atoms with Gasteiger partial charge >= 0.3 is 0 Å². The summed E-state index contributed by atoms with van der Waals surface area (Å²) in [5.41, 5.74) is 10.0. The van der Waals surface area contributed by atoms with E-state index in [1.807, 2.05) is 0 Å². The van der Waals surface area contributed by atoms with E-state index in [4.69, 9.17) is 16.2 Å². The summed E-state index contributed by atoms with van der Waals surface area (Å²) in [6, 6.07) is 0. The van der Waals surface area contributed by atoms with Crippen molar-refractivity contribution in [1.82, 2.24) is 0 Å². The van der Waals surface area contributed by atoms with Crippen LogP contribution in [-0.4, -0.2) is 24.2 Å². The first kappa shape index (κ1) is 15.4. The molecule has 4 atom stereocenters. The molecular weight excluding hydrogens is 228 g/mol. The van der Waals surface area contributed by atoms with Crippen molar-refractivity contribution in [3.05, 3.63) is 0 Å². The van der Waals surface area contributed by atoms with Crippen molar-refractivity contribution in [1.29, 1.82) is 0 Å². The highest BCUT2D eigenvalue weighted by Crippen LogP contribution is 2.35. The minimum Gasteiger partial charge on any atom is -0.375 e. The van der Waals surface area contributed by atoms with Gasteiger partial charge in [0.25, 0.3) is 0 Å². The van der Waals surface area contributed by atoms with Crippen LogP contribution in [0.3, 0.4) is 0 Å². The minimum atomic E-state index is -1.07. The highest BCUT2D eigenvalue weighted by atomic mass is 16.5. The van der Waals surface area contributed by atoms with Gasteiger partial charge in [0.2, 0.25) is 5.91 Å². The lowest BCUT2D eigenvalue weighted by Gasteiger charge is -2.38. The Hall–Kier alpha value is -0.610. The predicted octanol–water partition coefficient (Wildman–Crippen LogP) is 1.67. The molecule has 4 nitrogen and oxygen atoms in total. The summed E-state index contributed by atoms with van der Waals surface area (Å²) in [4.78, 5) is 11.2. The van der Waals surface area contributed by atoms with Crippen LogP contribution in [0.2, 0.25) is 0 Å². The Balaban J connectivity index is 2.59. The Morgan fingerprint density at radius 2 is 2.06 bits per heavy atom. The molecule has 4 unspecified atom stereocenters. The smallest absolute Gasteiger partial charge is 0.239 e. The van der Waals surface area contributed by atoms with Crippen LogP contribution in [0.1, 0.15) is 47.0 Å². The molecule has 0 saturated heterocycles. The second-order valence-corrected chi connectivity index (χ2v) is 6.46. The summed E-state index contributed by atoms with van der Waals surface area (Å²) in [6.07, 6.45) is 3.72. The third kappa shape index (κ3) is 3.95. The van der Waals surface area contributed by atoms with Crippen LogP contribution in [0.15, 0.2) is 0 Å². The third-order valence-electron chi connectivity index (χ3n) is 4.12. The number of rotatable bonds is 5. The average molecular weight is 256 g/mol. The molecule has 4 heteroatoms. The predicted molar refractivity (Wildman–Crippen MR) is 72.9 cm³/mol. The second-order valence-electron chi connectivity index (χ2n) is 6.46. The van der Waals surface area contributed by atoms with Crippen molar-refractivity contribution in [2.75, 3.05) is 6.61 Å². The lowest BCUT2D eigenvalue weighted by molar-refractivity contribution is -0.127. The summed E-state index contributed by atoms with van der Waals surface area (Å²) in [5.74, 6) is 1.33. The van der Waals surface area contributed by atoms with Gasteiger partial charge < -0.3 is 16.2 Å². The lowest BCUT2D eigenvalue weighted by Crippen LogP contribution is -2.54. The maximum atomic E-state index is 11.2. The molecule has 0 heterocycles. The SMILES string of the molecule is CC1CCC(C(C)C)C(OCC(C)(N)C(N)=O)C1. The van der Waals surface area contributed by atoms with Crippen molar-refractivity contribution in [2.45, 2.75) is 58.6 Å². The first-order chi connectivity index (χ1) is 8.24. The van der Waals surface area contributed by atoms with Crippen LogP contribution in [0.5, 0.6) is 0 Å². The fourth-order valence-corrected chi connectivity index (χ4v) is 2.66. The molecule has 0 spiro atoms. The summed E-state index contributed by atoms with van der Waals surface area (Å²) in [5, 5.41) is 0. The molecule has 1 amide bonds. The Morgan fingerprint density at radius 1 is 1.44 bits per heavy atom. The molecule has 106 valence electrons. The van der Waals surface area contributed by atoms with E-state index >= 15 is 0 Å². The van der Waals surface area contributed by atoms with Crippen molar-refractivity contribution in [2.24, 2.45) is 29.2 Å². The minimum absolute atomic E-state index is 0.205. The molecule has 0 aliphatic heterocycles. The highest BCUT2D eigenvalue weighted by Gasteiger charge is 2.34. The summed E-state index contributed by atoms with van der Waals surface area (Å²) >= 11 is 0. The molecule has 4 N–H and O–H groups in total. The molecule has 1 fully saturated rings. The monoisotopic (exact) mass is 256 g/mol. The largest absolute Gasteiger partial charge is 0.375 e. The van der Waals surface area contributed by atoms with Gasteiger partial charge in [-0.15, -0.1) is 0 Å². The second kappa shape index (κ2) is 6.02. The van der Waals surface area contributed by atoms with E-state index in [2.05, 4.69) is 20.8 Å². The van der Waals surface area contributed by atoms with Crippen molar-refractivity contribution >= 4 is 5.91 Å². The van der Waals surface area contributed by atoms with E-state index in [1.165, 1.54) is 12.8 Å². The number of carbonyl (C=O) groups excluding carboxylic acids is 1. The molecule has 0 bridgehead atoms. The topological polar surface area (TPSA) is 78.3 Å². The van der Waals surface area contributed by atoms with Crippen LogP contribution < -0.4 is 11.5 Å². The van der Waals surface area contributed by atoms with Crippen LogP contribution >= 0.6 is 0 Å². The van der Waals surface area contributed by atoms with Gasteiger partial charge in [-0.2, -0.15) is 0 Å². The molecule has 0 aromatic rings. The fourth-order valence-electron chi connectivity index (χ4n) is 2.66. The molecule has 0 radical (unpaired) electrons. The summed E-state index contributed by atoms with van der Waals surface area (Å²) in [6.45, 7) is 8.55. The molecule has 1 aliphatic carbocycles. The number of primary amides is 1. The van der Waals surface area contributed by atoms with E-state index in [9.17, 15) is 4.79 Å². The fraction of sp³-hybridized carbons (Fsp3) is 0.929. The highest BCUT2D eigenvalue weighted by molar-refractivity contribution is 5.83. The van der Waals surface area contributed by atoms with E-state index in [1.54, 1.807) is 6.92 Å². The van der Waals surface area contributed by atoms with Crippen molar-refractivity contribution in [3.8, 4) is 0 Å². The van der Waals surface area contributed by atoms with Gasteiger partial charge in [-0.05, 0) is 37.5 Å². The molecule has 18 heavy (non-hydrogen) atoms. The molecular formula is C14H28N2O2. The van der Waals surface area contributed by atoms with Crippen LogP contribution in [0, 0.1) is 17.8 Å². The number of ether oxygens (including phenoxy) is 1. The maximum Gasteiger partial charge on any atom is 0.239 e. The third-order valence-corrected chi connectivity index (χ3v) is 4.12. The first-order valence-corrected chi connectivity index (χ1v) is 6.94. The van der Waals surface area contributed by atoms with E-state index < -0.39 is 11.4 Å². The molecule has 0 aromatic carbocycles. The van der Waals surface area contributed by atoms with Crippen LogP contribution in [0.25, 0.3) is 0 Å². The van der Waals surface area contributed by atoms with Gasteiger partial charge in [-0.1, -0.05) is 27.2 Å². The Bertz CT molecular complexity index is 290. The average Bonchev–Trinajstić information content (AvgIpc) is 2.26. The van der Waals surface area contributed by atoms with E-state index in [0.29, 0.717) is 17.8 Å². The normalized spacial score (nSPS) is 32.2. The zero-order valence-corrected chi connectivity index (χ0v) is 12.1. The number of nitrogens with two attached hydrogens (primary N) is 2. The Labute approximate surface area is 110 Å². The zero-order chi connectivity index (χ0) is 13.9. The van der Waals surface area contributed by atoms with Gasteiger partial charge in [0.15, 0.2) is 0 Å². The maximum absolute atomic E-state index is 11.2. The quantitative estimate of drug-likeness (QED) is 0.785. The zero-order valence-electron chi connectivity index (χ0n) is 12.1. The number of hydrogen-bond acceptors (Lipinski definition) is 3. The summed E-state index contributed by atoms with van der Waals surface area (Å²) in [7, 11) is 0. The number of hydrogen-bond donors (Lipinski definition) is 2. The molecule has 1 aliphatic rings. The number of amides is 1.